The molecule has 2 amide bonds. The van der Waals surface area contributed by atoms with E-state index in [1.165, 1.54) is 11.8 Å². The number of aromatic nitrogens is 3. The largest absolute Gasteiger partial charge is 0.383 e. The van der Waals surface area contributed by atoms with E-state index < -0.39 is 0 Å². The van der Waals surface area contributed by atoms with Crippen molar-refractivity contribution in [2.24, 2.45) is 0 Å². The molecule has 0 atom stereocenters. The van der Waals surface area contributed by atoms with Gasteiger partial charge in [-0.2, -0.15) is 0 Å². The highest BCUT2D eigenvalue weighted by molar-refractivity contribution is 7.99. The number of carbonyl (C=O) groups is 2. The van der Waals surface area contributed by atoms with Crippen LogP contribution in [0.25, 0.3) is 0 Å². The maximum atomic E-state index is 12.2. The average molecular weight is 391 g/mol. The zero-order valence-electron chi connectivity index (χ0n) is 16.2. The van der Waals surface area contributed by atoms with Crippen LogP contribution in [0.5, 0.6) is 0 Å². The van der Waals surface area contributed by atoms with Crippen molar-refractivity contribution in [3.63, 3.8) is 0 Å². The summed E-state index contributed by atoms with van der Waals surface area (Å²) >= 11 is 1.42. The lowest BCUT2D eigenvalue weighted by Gasteiger charge is -2.19. The Bertz CT molecular complexity index is 766. The van der Waals surface area contributed by atoms with Crippen LogP contribution in [0.3, 0.4) is 0 Å². The SMILES string of the molecule is COCCn1cnnc1SCCC(=O)NC(=O)c1ccc(C(C)(C)C)cc1. The van der Waals surface area contributed by atoms with E-state index in [2.05, 4.69) is 36.3 Å². The predicted octanol–water partition coefficient (Wildman–Crippen LogP) is 2.66. The molecule has 2 aromatic rings. The molecule has 1 aromatic carbocycles. The number of nitrogens with one attached hydrogen (secondary N) is 1. The van der Waals surface area contributed by atoms with E-state index in [0.717, 1.165) is 10.7 Å². The van der Waals surface area contributed by atoms with E-state index in [4.69, 9.17) is 4.74 Å². The number of nitrogens with zero attached hydrogens (tertiary/aromatic N) is 3. The zero-order valence-corrected chi connectivity index (χ0v) is 17.0. The van der Waals surface area contributed by atoms with Gasteiger partial charge in [0.25, 0.3) is 5.91 Å². The lowest BCUT2D eigenvalue weighted by molar-refractivity contribution is -0.119. The summed E-state index contributed by atoms with van der Waals surface area (Å²) in [4.78, 5) is 24.2. The molecule has 1 heterocycles. The fraction of sp³-hybridized carbons (Fsp3) is 0.474. The highest BCUT2D eigenvalue weighted by atomic mass is 32.2. The van der Waals surface area contributed by atoms with Gasteiger partial charge in [0.1, 0.15) is 6.33 Å². The van der Waals surface area contributed by atoms with Gasteiger partial charge in [-0.15, -0.1) is 10.2 Å². The van der Waals surface area contributed by atoms with Crippen LogP contribution in [0, 0.1) is 0 Å². The summed E-state index contributed by atoms with van der Waals surface area (Å²) in [6.07, 6.45) is 1.85. The third-order valence-electron chi connectivity index (χ3n) is 3.94. The van der Waals surface area contributed by atoms with Gasteiger partial charge in [0.2, 0.25) is 5.91 Å². The summed E-state index contributed by atoms with van der Waals surface area (Å²) in [5.74, 6) is -0.183. The first-order valence-electron chi connectivity index (χ1n) is 8.75. The van der Waals surface area contributed by atoms with Crippen LogP contribution in [-0.4, -0.2) is 46.0 Å². The molecule has 0 fully saturated rings. The average Bonchev–Trinajstić information content (AvgIpc) is 3.06. The molecule has 0 aliphatic rings. The smallest absolute Gasteiger partial charge is 0.257 e. The van der Waals surface area contributed by atoms with Crippen LogP contribution in [0.1, 0.15) is 43.1 Å². The van der Waals surface area contributed by atoms with E-state index in [-0.39, 0.29) is 23.7 Å². The Kier molecular flexibility index (Phi) is 7.55. The molecule has 0 unspecified atom stereocenters. The van der Waals surface area contributed by atoms with Gasteiger partial charge in [-0.3, -0.25) is 14.9 Å². The monoisotopic (exact) mass is 390 g/mol. The van der Waals surface area contributed by atoms with E-state index in [9.17, 15) is 9.59 Å². The maximum absolute atomic E-state index is 12.2. The summed E-state index contributed by atoms with van der Waals surface area (Å²) in [5, 5.41) is 11.0. The topological polar surface area (TPSA) is 86.1 Å². The second kappa shape index (κ2) is 9.66. The minimum absolute atomic E-state index is 0.0197. The quantitative estimate of drug-likeness (QED) is 0.698. The maximum Gasteiger partial charge on any atom is 0.257 e. The number of hydrogen-bond acceptors (Lipinski definition) is 6. The van der Waals surface area contributed by atoms with Gasteiger partial charge >= 0.3 is 0 Å². The first-order chi connectivity index (χ1) is 12.8. The van der Waals surface area contributed by atoms with Crippen LogP contribution in [-0.2, 0) is 21.5 Å². The summed E-state index contributed by atoms with van der Waals surface area (Å²) in [5.41, 5.74) is 1.63. The normalized spacial score (nSPS) is 11.4. The zero-order chi connectivity index (χ0) is 19.9. The van der Waals surface area contributed by atoms with E-state index in [1.54, 1.807) is 25.6 Å². The van der Waals surface area contributed by atoms with Crippen molar-refractivity contribution < 1.29 is 14.3 Å². The second-order valence-electron chi connectivity index (χ2n) is 7.10. The van der Waals surface area contributed by atoms with Crippen LogP contribution in [0.4, 0.5) is 0 Å². The minimum Gasteiger partial charge on any atom is -0.383 e. The molecular formula is C19H26N4O3S. The number of imide groups is 1. The summed E-state index contributed by atoms with van der Waals surface area (Å²) < 4.78 is 6.91. The third kappa shape index (κ3) is 6.48. The van der Waals surface area contributed by atoms with Crippen LogP contribution >= 0.6 is 11.8 Å². The molecule has 8 heteroatoms. The van der Waals surface area contributed by atoms with Crippen LogP contribution in [0.2, 0.25) is 0 Å². The number of thioether (sulfide) groups is 1. The Morgan fingerprint density at radius 1 is 1.22 bits per heavy atom. The van der Waals surface area contributed by atoms with Crippen molar-refractivity contribution in [3.8, 4) is 0 Å². The standard InChI is InChI=1S/C19H26N4O3S/c1-19(2,3)15-7-5-14(6-8-15)17(25)21-16(24)9-12-27-18-22-20-13-23(18)10-11-26-4/h5-8,13H,9-12H2,1-4H3,(H,21,24,25). The molecular weight excluding hydrogens is 364 g/mol. The van der Waals surface area contributed by atoms with Crippen molar-refractivity contribution in [2.75, 3.05) is 19.5 Å². The Labute approximate surface area is 163 Å². The van der Waals surface area contributed by atoms with Crippen molar-refractivity contribution >= 4 is 23.6 Å². The van der Waals surface area contributed by atoms with Crippen LogP contribution < -0.4 is 5.32 Å². The summed E-state index contributed by atoms with van der Waals surface area (Å²) in [6, 6.07) is 7.33. The number of ether oxygens (including phenoxy) is 1. The summed E-state index contributed by atoms with van der Waals surface area (Å²) in [6.45, 7) is 7.55. The predicted molar refractivity (Wildman–Crippen MR) is 105 cm³/mol. The molecule has 0 saturated carbocycles. The second-order valence-corrected chi connectivity index (χ2v) is 8.16. The first-order valence-corrected chi connectivity index (χ1v) is 9.74. The number of rotatable bonds is 8. The van der Waals surface area contributed by atoms with Gasteiger partial charge in [-0.05, 0) is 23.1 Å². The van der Waals surface area contributed by atoms with Gasteiger partial charge in [0.05, 0.1) is 6.61 Å². The van der Waals surface area contributed by atoms with Crippen molar-refractivity contribution in [1.29, 1.82) is 0 Å². The third-order valence-corrected chi connectivity index (χ3v) is 4.93. The molecule has 0 spiro atoms. The molecule has 0 aliphatic heterocycles. The van der Waals surface area contributed by atoms with Gasteiger partial charge in [0, 0.05) is 31.4 Å². The Balaban J connectivity index is 1.80. The first kappa shape index (κ1) is 21.1. The van der Waals surface area contributed by atoms with E-state index in [1.807, 2.05) is 16.7 Å². The number of hydrogen-bond donors (Lipinski definition) is 1. The van der Waals surface area contributed by atoms with Crippen LogP contribution in [0.15, 0.2) is 35.7 Å². The fourth-order valence-electron chi connectivity index (χ4n) is 2.32. The highest BCUT2D eigenvalue weighted by Crippen LogP contribution is 2.22. The molecule has 0 bridgehead atoms. The minimum atomic E-state index is -0.381. The van der Waals surface area contributed by atoms with Crippen molar-refractivity contribution in [1.82, 2.24) is 20.1 Å². The number of carbonyl (C=O) groups excluding carboxylic acids is 2. The lowest BCUT2D eigenvalue weighted by atomic mass is 9.87. The molecule has 27 heavy (non-hydrogen) atoms. The van der Waals surface area contributed by atoms with Gasteiger partial charge in [-0.25, -0.2) is 0 Å². The fourth-order valence-corrected chi connectivity index (χ4v) is 3.20. The van der Waals surface area contributed by atoms with Gasteiger partial charge in [0.15, 0.2) is 5.16 Å². The Hall–Kier alpha value is -2.19. The number of amides is 2. The lowest BCUT2D eigenvalue weighted by Crippen LogP contribution is -2.30. The number of benzene rings is 1. The number of methoxy groups -OCH3 is 1. The molecule has 2 rings (SSSR count). The molecule has 0 radical (unpaired) electrons. The molecule has 0 saturated heterocycles. The van der Waals surface area contributed by atoms with E-state index in [0.29, 0.717) is 24.5 Å². The Morgan fingerprint density at radius 2 is 1.93 bits per heavy atom. The van der Waals surface area contributed by atoms with E-state index >= 15 is 0 Å². The Morgan fingerprint density at radius 3 is 2.56 bits per heavy atom. The molecule has 146 valence electrons. The van der Waals surface area contributed by atoms with Crippen molar-refractivity contribution in [3.05, 3.63) is 41.7 Å². The molecule has 7 nitrogen and oxygen atoms in total. The highest BCUT2D eigenvalue weighted by Gasteiger charge is 2.15. The molecule has 1 aromatic heterocycles. The van der Waals surface area contributed by atoms with Crippen molar-refractivity contribution in [2.45, 2.75) is 44.3 Å². The van der Waals surface area contributed by atoms with Gasteiger partial charge < -0.3 is 9.30 Å². The molecule has 1 N–H and O–H groups in total. The van der Waals surface area contributed by atoms with Gasteiger partial charge in [-0.1, -0.05) is 44.7 Å². The molecule has 0 aliphatic carbocycles. The summed E-state index contributed by atoms with van der Waals surface area (Å²) in [7, 11) is 1.63.